The standard InChI is InChI=1S/C18H14N2O5S2/c1-2-24-13-9-10(8-11-15(21)19-18(26)20-16(11)22)5-6-12(13)25-17(23)14-4-3-7-27-14/h3-9H,2H2,1H3,(H2,19,20,21,22,26). The monoisotopic (exact) mass is 402 g/mol. The average Bonchev–Trinajstić information content (AvgIpc) is 3.15. The van der Waals surface area contributed by atoms with Crippen LogP contribution in [0, 0.1) is 0 Å². The number of ether oxygens (including phenoxy) is 2. The van der Waals surface area contributed by atoms with Crippen LogP contribution in [0.15, 0.2) is 41.3 Å². The van der Waals surface area contributed by atoms with Crippen molar-refractivity contribution in [3.63, 3.8) is 0 Å². The summed E-state index contributed by atoms with van der Waals surface area (Å²) in [6.45, 7) is 2.14. The van der Waals surface area contributed by atoms with Crippen LogP contribution in [-0.2, 0) is 9.59 Å². The molecule has 1 aromatic carbocycles. The zero-order chi connectivity index (χ0) is 19.4. The highest BCUT2D eigenvalue weighted by Gasteiger charge is 2.25. The molecule has 9 heteroatoms. The van der Waals surface area contributed by atoms with Crippen LogP contribution >= 0.6 is 23.6 Å². The Labute approximate surface area is 164 Å². The van der Waals surface area contributed by atoms with Crippen LogP contribution < -0.4 is 20.1 Å². The Balaban J connectivity index is 1.88. The molecule has 0 spiro atoms. The second-order valence-electron chi connectivity index (χ2n) is 5.30. The number of hydrogen-bond donors (Lipinski definition) is 2. The van der Waals surface area contributed by atoms with Gasteiger partial charge in [0.2, 0.25) is 0 Å². The van der Waals surface area contributed by atoms with Crippen molar-refractivity contribution in [2.24, 2.45) is 0 Å². The van der Waals surface area contributed by atoms with Crippen LogP contribution in [0.4, 0.5) is 0 Å². The average molecular weight is 402 g/mol. The molecule has 27 heavy (non-hydrogen) atoms. The van der Waals surface area contributed by atoms with Gasteiger partial charge in [-0.05, 0) is 54.4 Å². The SMILES string of the molecule is CCOc1cc(C=C2C(=O)NC(=S)NC2=O)ccc1OC(=O)c1cccs1. The van der Waals surface area contributed by atoms with E-state index in [0.29, 0.717) is 22.8 Å². The van der Waals surface area contributed by atoms with E-state index in [4.69, 9.17) is 21.7 Å². The van der Waals surface area contributed by atoms with Crippen molar-refractivity contribution < 1.29 is 23.9 Å². The van der Waals surface area contributed by atoms with E-state index in [2.05, 4.69) is 10.6 Å². The normalized spacial score (nSPS) is 13.7. The number of thiocarbonyl (C=S) groups is 1. The first-order valence-electron chi connectivity index (χ1n) is 7.89. The van der Waals surface area contributed by atoms with E-state index in [9.17, 15) is 14.4 Å². The van der Waals surface area contributed by atoms with Crippen molar-refractivity contribution in [1.82, 2.24) is 10.6 Å². The van der Waals surface area contributed by atoms with Gasteiger partial charge in [-0.3, -0.25) is 20.2 Å². The van der Waals surface area contributed by atoms with Gasteiger partial charge in [-0.2, -0.15) is 0 Å². The minimum absolute atomic E-state index is 0.0343. The van der Waals surface area contributed by atoms with Gasteiger partial charge in [0.25, 0.3) is 11.8 Å². The van der Waals surface area contributed by atoms with Crippen molar-refractivity contribution in [2.75, 3.05) is 6.61 Å². The minimum Gasteiger partial charge on any atom is -0.490 e. The summed E-state index contributed by atoms with van der Waals surface area (Å²) in [7, 11) is 0. The third-order valence-electron chi connectivity index (χ3n) is 3.45. The van der Waals surface area contributed by atoms with Gasteiger partial charge in [0, 0.05) is 0 Å². The summed E-state index contributed by atoms with van der Waals surface area (Å²) in [5, 5.41) is 6.48. The van der Waals surface area contributed by atoms with Crippen LogP contribution in [0.25, 0.3) is 6.08 Å². The lowest BCUT2D eigenvalue weighted by Crippen LogP contribution is -2.51. The molecule has 0 atom stereocenters. The Hall–Kier alpha value is -3.04. The van der Waals surface area contributed by atoms with Crippen molar-refractivity contribution >= 4 is 52.5 Å². The predicted molar refractivity (Wildman–Crippen MR) is 104 cm³/mol. The van der Waals surface area contributed by atoms with Gasteiger partial charge in [-0.1, -0.05) is 12.1 Å². The van der Waals surface area contributed by atoms with E-state index in [1.807, 2.05) is 0 Å². The molecule has 3 rings (SSSR count). The Morgan fingerprint density at radius 2 is 1.93 bits per heavy atom. The van der Waals surface area contributed by atoms with Crippen molar-refractivity contribution in [1.29, 1.82) is 0 Å². The van der Waals surface area contributed by atoms with Crippen LogP contribution in [-0.4, -0.2) is 29.5 Å². The molecule has 1 aliphatic heterocycles. The number of nitrogens with one attached hydrogen (secondary N) is 2. The fraction of sp³-hybridized carbons (Fsp3) is 0.111. The summed E-state index contributed by atoms with van der Waals surface area (Å²) in [5.41, 5.74) is 0.442. The molecule has 2 heterocycles. The van der Waals surface area contributed by atoms with E-state index in [0.717, 1.165) is 0 Å². The summed E-state index contributed by atoms with van der Waals surface area (Å²) in [5.74, 6) is -1.10. The van der Waals surface area contributed by atoms with Crippen molar-refractivity contribution in [3.05, 3.63) is 51.7 Å². The maximum Gasteiger partial charge on any atom is 0.353 e. The van der Waals surface area contributed by atoms with Gasteiger partial charge in [0.1, 0.15) is 10.5 Å². The van der Waals surface area contributed by atoms with Gasteiger partial charge in [-0.25, -0.2) is 4.79 Å². The molecule has 1 aromatic heterocycles. The van der Waals surface area contributed by atoms with Crippen LogP contribution in [0.1, 0.15) is 22.2 Å². The molecule has 0 radical (unpaired) electrons. The molecule has 0 unspecified atom stereocenters. The number of benzene rings is 1. The topological polar surface area (TPSA) is 93.7 Å². The van der Waals surface area contributed by atoms with Gasteiger partial charge >= 0.3 is 5.97 Å². The zero-order valence-electron chi connectivity index (χ0n) is 14.1. The van der Waals surface area contributed by atoms with E-state index in [1.165, 1.54) is 17.4 Å². The predicted octanol–water partition coefficient (Wildman–Crippen LogP) is 2.28. The summed E-state index contributed by atoms with van der Waals surface area (Å²) in [6.07, 6.45) is 1.40. The third-order valence-corrected chi connectivity index (χ3v) is 4.50. The van der Waals surface area contributed by atoms with Crippen molar-refractivity contribution in [2.45, 2.75) is 6.92 Å². The first-order chi connectivity index (χ1) is 13.0. The van der Waals surface area contributed by atoms with Gasteiger partial charge in [0.05, 0.1) is 6.61 Å². The highest BCUT2D eigenvalue weighted by Crippen LogP contribution is 2.30. The molecule has 1 saturated heterocycles. The second kappa shape index (κ2) is 8.11. The maximum atomic E-state index is 12.2. The molecular weight excluding hydrogens is 388 g/mol. The van der Waals surface area contributed by atoms with Crippen LogP contribution in [0.5, 0.6) is 11.5 Å². The number of carbonyl (C=O) groups excluding carboxylic acids is 3. The summed E-state index contributed by atoms with van der Waals surface area (Å²) < 4.78 is 10.9. The zero-order valence-corrected chi connectivity index (χ0v) is 15.7. The van der Waals surface area contributed by atoms with Gasteiger partial charge in [0.15, 0.2) is 16.6 Å². The molecule has 0 bridgehead atoms. The van der Waals surface area contributed by atoms with E-state index < -0.39 is 17.8 Å². The number of rotatable bonds is 5. The number of esters is 1. The quantitative estimate of drug-likeness (QED) is 0.262. The van der Waals surface area contributed by atoms with Crippen molar-refractivity contribution in [3.8, 4) is 11.5 Å². The number of amides is 2. The minimum atomic E-state index is -0.588. The summed E-state index contributed by atoms with van der Waals surface area (Å²) in [4.78, 5) is 36.5. The van der Waals surface area contributed by atoms with E-state index in [1.54, 1.807) is 42.6 Å². The lowest BCUT2D eigenvalue weighted by atomic mass is 10.1. The summed E-state index contributed by atoms with van der Waals surface area (Å²) in [6, 6.07) is 8.16. The molecule has 0 aliphatic carbocycles. The molecule has 1 aliphatic rings. The number of thiophene rings is 1. The maximum absolute atomic E-state index is 12.2. The first kappa shape index (κ1) is 18.7. The fourth-order valence-electron chi connectivity index (χ4n) is 2.28. The van der Waals surface area contributed by atoms with Crippen LogP contribution in [0.3, 0.4) is 0 Å². The van der Waals surface area contributed by atoms with Gasteiger partial charge in [-0.15, -0.1) is 11.3 Å². The molecular formula is C18H14N2O5S2. The molecule has 2 aromatic rings. The smallest absolute Gasteiger partial charge is 0.353 e. The molecule has 2 N–H and O–H groups in total. The number of hydrogen-bond acceptors (Lipinski definition) is 7. The summed E-state index contributed by atoms with van der Waals surface area (Å²) >= 11 is 6.04. The van der Waals surface area contributed by atoms with Crippen LogP contribution in [0.2, 0.25) is 0 Å². The first-order valence-corrected chi connectivity index (χ1v) is 9.17. The third kappa shape index (κ3) is 4.39. The molecule has 138 valence electrons. The highest BCUT2D eigenvalue weighted by atomic mass is 32.1. The lowest BCUT2D eigenvalue weighted by Gasteiger charge is -2.16. The number of carbonyl (C=O) groups is 3. The molecule has 1 fully saturated rings. The molecule has 0 saturated carbocycles. The molecule has 7 nitrogen and oxygen atoms in total. The van der Waals surface area contributed by atoms with E-state index >= 15 is 0 Å². The van der Waals surface area contributed by atoms with E-state index in [-0.39, 0.29) is 16.4 Å². The second-order valence-corrected chi connectivity index (χ2v) is 6.66. The Bertz CT molecular complexity index is 929. The lowest BCUT2D eigenvalue weighted by molar-refractivity contribution is -0.123. The Morgan fingerprint density at radius 1 is 1.19 bits per heavy atom. The Morgan fingerprint density at radius 3 is 2.56 bits per heavy atom. The fourth-order valence-corrected chi connectivity index (χ4v) is 3.07. The Kier molecular flexibility index (Phi) is 5.63. The molecule has 2 amide bonds. The largest absolute Gasteiger partial charge is 0.490 e. The van der Waals surface area contributed by atoms with Gasteiger partial charge < -0.3 is 9.47 Å². The highest BCUT2D eigenvalue weighted by molar-refractivity contribution is 7.80.